The summed E-state index contributed by atoms with van der Waals surface area (Å²) < 4.78 is 26.1. The van der Waals surface area contributed by atoms with E-state index in [1.807, 2.05) is 30.3 Å². The maximum absolute atomic E-state index is 12.5. The number of nitrogens with zero attached hydrogens (tertiary/aromatic N) is 5. The van der Waals surface area contributed by atoms with E-state index < -0.39 is 10.0 Å². The zero-order valence-corrected chi connectivity index (χ0v) is 17.8. The fourth-order valence-electron chi connectivity index (χ4n) is 3.52. The van der Waals surface area contributed by atoms with Crippen molar-refractivity contribution in [2.24, 2.45) is 0 Å². The Labute approximate surface area is 184 Å². The predicted molar refractivity (Wildman–Crippen MR) is 120 cm³/mol. The molecule has 0 saturated heterocycles. The number of fused-ring (bicyclic) bond motifs is 2. The Morgan fingerprint density at radius 3 is 2.66 bits per heavy atom. The van der Waals surface area contributed by atoms with Crippen LogP contribution in [0.5, 0.6) is 0 Å². The molecule has 0 aliphatic carbocycles. The van der Waals surface area contributed by atoms with Crippen LogP contribution < -0.4 is 10.7 Å². The zero-order chi connectivity index (χ0) is 22.3. The normalized spacial score (nSPS) is 14.8. The standard InChI is InChI=1S/C21H19N7O3S/c1-28-27-20-18(32(28,30)31)11-15(12-24-20)14-2-3-17-16(10-14)19(13-4-6-22-7-5-13)26-21(25-17)23-8-9-29/h2-7,10-12,29H,8-9H2,1H3,(H,24,27)(H,23,25,26). The van der Waals surface area contributed by atoms with Crippen molar-refractivity contribution in [2.75, 3.05) is 30.9 Å². The third kappa shape index (κ3) is 3.42. The van der Waals surface area contributed by atoms with E-state index in [0.717, 1.165) is 20.9 Å². The summed E-state index contributed by atoms with van der Waals surface area (Å²) in [5.41, 5.74) is 6.44. The molecular formula is C21H19N7O3S. The first-order valence-electron chi connectivity index (χ1n) is 9.80. The van der Waals surface area contributed by atoms with Crippen molar-refractivity contribution >= 4 is 32.7 Å². The van der Waals surface area contributed by atoms with E-state index in [-0.39, 0.29) is 11.5 Å². The van der Waals surface area contributed by atoms with Crippen LogP contribution in [-0.2, 0) is 10.0 Å². The Morgan fingerprint density at radius 2 is 1.88 bits per heavy atom. The minimum atomic E-state index is -3.62. The Hall–Kier alpha value is -3.67. The summed E-state index contributed by atoms with van der Waals surface area (Å²) in [6.45, 7) is 0.292. The average Bonchev–Trinajstić information content (AvgIpc) is 3.05. The van der Waals surface area contributed by atoms with Crippen molar-refractivity contribution in [3.8, 4) is 22.4 Å². The number of benzene rings is 1. The molecule has 0 saturated carbocycles. The molecule has 162 valence electrons. The van der Waals surface area contributed by atoms with Crippen LogP contribution in [0.2, 0.25) is 0 Å². The average molecular weight is 449 g/mol. The monoisotopic (exact) mass is 449 g/mol. The van der Waals surface area contributed by atoms with Crippen LogP contribution in [0.3, 0.4) is 0 Å². The lowest BCUT2D eigenvalue weighted by Crippen LogP contribution is -2.24. The predicted octanol–water partition coefficient (Wildman–Crippen LogP) is 2.12. The van der Waals surface area contributed by atoms with Gasteiger partial charge in [0, 0.05) is 48.7 Å². The van der Waals surface area contributed by atoms with Crippen LogP contribution >= 0.6 is 0 Å². The first-order valence-corrected chi connectivity index (χ1v) is 11.2. The number of aliphatic hydroxyl groups excluding tert-OH is 1. The summed E-state index contributed by atoms with van der Waals surface area (Å²) in [6.07, 6.45) is 5.01. The molecule has 0 fully saturated rings. The van der Waals surface area contributed by atoms with Crippen molar-refractivity contribution in [2.45, 2.75) is 4.90 Å². The number of hydrazine groups is 1. The van der Waals surface area contributed by atoms with Crippen LogP contribution in [0.1, 0.15) is 0 Å². The number of rotatable bonds is 5. The maximum atomic E-state index is 12.5. The lowest BCUT2D eigenvalue weighted by atomic mass is 10.0. The highest BCUT2D eigenvalue weighted by atomic mass is 32.2. The van der Waals surface area contributed by atoms with Crippen molar-refractivity contribution < 1.29 is 13.5 Å². The summed E-state index contributed by atoms with van der Waals surface area (Å²) in [5.74, 6) is 0.711. The second kappa shape index (κ2) is 7.79. The van der Waals surface area contributed by atoms with Gasteiger partial charge in [0.1, 0.15) is 4.90 Å². The van der Waals surface area contributed by atoms with Crippen LogP contribution in [0.15, 0.2) is 59.9 Å². The highest BCUT2D eigenvalue weighted by Gasteiger charge is 2.33. The molecule has 11 heteroatoms. The lowest BCUT2D eigenvalue weighted by Gasteiger charge is -2.11. The van der Waals surface area contributed by atoms with E-state index in [0.29, 0.717) is 35.1 Å². The highest BCUT2D eigenvalue weighted by molar-refractivity contribution is 7.89. The molecule has 0 unspecified atom stereocenters. The second-order valence-corrected chi connectivity index (χ2v) is 9.11. The van der Waals surface area contributed by atoms with E-state index in [1.54, 1.807) is 24.7 Å². The Bertz CT molecular complexity index is 1430. The first-order chi connectivity index (χ1) is 15.5. The van der Waals surface area contributed by atoms with Gasteiger partial charge in [-0.3, -0.25) is 10.4 Å². The molecule has 32 heavy (non-hydrogen) atoms. The van der Waals surface area contributed by atoms with Crippen molar-refractivity contribution in [1.82, 2.24) is 24.4 Å². The molecule has 4 heterocycles. The van der Waals surface area contributed by atoms with Gasteiger partial charge in [-0.25, -0.2) is 23.4 Å². The second-order valence-electron chi connectivity index (χ2n) is 7.17. The molecule has 0 spiro atoms. The fourth-order valence-corrected chi connectivity index (χ4v) is 4.64. The van der Waals surface area contributed by atoms with Crippen molar-refractivity contribution in [3.05, 3.63) is 55.0 Å². The van der Waals surface area contributed by atoms with Crippen LogP contribution in [0.25, 0.3) is 33.3 Å². The van der Waals surface area contributed by atoms with E-state index in [9.17, 15) is 8.42 Å². The van der Waals surface area contributed by atoms with Gasteiger partial charge in [0.25, 0.3) is 10.0 Å². The van der Waals surface area contributed by atoms with Crippen LogP contribution in [0, 0.1) is 0 Å². The largest absolute Gasteiger partial charge is 0.395 e. The summed E-state index contributed by atoms with van der Waals surface area (Å²) >= 11 is 0. The molecule has 5 rings (SSSR count). The smallest absolute Gasteiger partial charge is 0.263 e. The van der Waals surface area contributed by atoms with E-state index >= 15 is 0 Å². The third-order valence-corrected chi connectivity index (χ3v) is 6.81. The quantitative estimate of drug-likeness (QED) is 0.419. The van der Waals surface area contributed by atoms with Crippen molar-refractivity contribution in [1.29, 1.82) is 0 Å². The van der Waals surface area contributed by atoms with E-state index in [2.05, 4.69) is 30.7 Å². The molecule has 1 aliphatic rings. The number of aliphatic hydroxyl groups is 1. The molecule has 10 nitrogen and oxygen atoms in total. The van der Waals surface area contributed by atoms with Gasteiger partial charge in [-0.1, -0.05) is 6.07 Å². The van der Waals surface area contributed by atoms with Gasteiger partial charge in [-0.05, 0) is 35.9 Å². The van der Waals surface area contributed by atoms with E-state index in [1.165, 1.54) is 7.05 Å². The summed E-state index contributed by atoms with van der Waals surface area (Å²) in [6, 6.07) is 11.0. The summed E-state index contributed by atoms with van der Waals surface area (Å²) in [4.78, 5) is 17.7. The maximum Gasteiger partial charge on any atom is 0.263 e. The summed E-state index contributed by atoms with van der Waals surface area (Å²) in [7, 11) is -2.19. The van der Waals surface area contributed by atoms with Gasteiger partial charge < -0.3 is 10.4 Å². The Morgan fingerprint density at radius 1 is 1.06 bits per heavy atom. The number of sulfonamides is 1. The molecule has 0 amide bonds. The molecule has 1 aromatic carbocycles. The van der Waals surface area contributed by atoms with Gasteiger partial charge in [-0.2, -0.15) is 0 Å². The number of anilines is 2. The number of hydrogen-bond donors (Lipinski definition) is 3. The van der Waals surface area contributed by atoms with Crippen molar-refractivity contribution in [3.63, 3.8) is 0 Å². The summed E-state index contributed by atoms with van der Waals surface area (Å²) in [5, 5.41) is 12.9. The minimum Gasteiger partial charge on any atom is -0.395 e. The van der Waals surface area contributed by atoms with Gasteiger partial charge in [0.05, 0.1) is 17.8 Å². The minimum absolute atomic E-state index is 0.0385. The van der Waals surface area contributed by atoms with Crippen LogP contribution in [0.4, 0.5) is 11.8 Å². The molecule has 0 atom stereocenters. The SMILES string of the molecule is CN1Nc2ncc(-c3ccc4nc(NCCO)nc(-c5ccncc5)c4c3)cc2S1(=O)=O. The van der Waals surface area contributed by atoms with Gasteiger partial charge in [0.15, 0.2) is 5.82 Å². The molecular weight excluding hydrogens is 430 g/mol. The fraction of sp³-hybridized carbons (Fsp3) is 0.143. The van der Waals surface area contributed by atoms with Gasteiger partial charge in [0.2, 0.25) is 5.95 Å². The molecule has 0 radical (unpaired) electrons. The molecule has 3 N–H and O–H groups in total. The topological polar surface area (TPSA) is 133 Å². The number of aromatic nitrogens is 4. The molecule has 4 aromatic rings. The number of nitrogens with one attached hydrogen (secondary N) is 2. The first kappa shape index (κ1) is 20.2. The molecule has 1 aliphatic heterocycles. The zero-order valence-electron chi connectivity index (χ0n) is 17.0. The van der Waals surface area contributed by atoms with Crippen LogP contribution in [-0.4, -0.2) is 58.1 Å². The highest BCUT2D eigenvalue weighted by Crippen LogP contribution is 2.35. The molecule has 0 bridgehead atoms. The Kier molecular flexibility index (Phi) is 4.93. The third-order valence-electron chi connectivity index (χ3n) is 5.13. The number of pyridine rings is 2. The number of hydrogen-bond acceptors (Lipinski definition) is 9. The molecule has 3 aromatic heterocycles. The lowest BCUT2D eigenvalue weighted by molar-refractivity contribution is 0.311. The van der Waals surface area contributed by atoms with Gasteiger partial charge >= 0.3 is 0 Å². The van der Waals surface area contributed by atoms with Gasteiger partial charge in [-0.15, -0.1) is 4.41 Å². The Balaban J connectivity index is 1.67. The van der Waals surface area contributed by atoms with E-state index in [4.69, 9.17) is 5.11 Å².